The van der Waals surface area contributed by atoms with Gasteiger partial charge in [0, 0.05) is 15.7 Å². The highest BCUT2D eigenvalue weighted by molar-refractivity contribution is 9.10. The van der Waals surface area contributed by atoms with E-state index in [1.165, 1.54) is 0 Å². The first-order valence-electron chi connectivity index (χ1n) is 5.75. The summed E-state index contributed by atoms with van der Waals surface area (Å²) in [5.41, 5.74) is 2.78. The van der Waals surface area contributed by atoms with Crippen LogP contribution in [0.2, 0.25) is 0 Å². The second-order valence-corrected chi connectivity index (χ2v) is 4.84. The van der Waals surface area contributed by atoms with Crippen molar-refractivity contribution < 1.29 is 4.42 Å². The van der Waals surface area contributed by atoms with E-state index < -0.39 is 0 Å². The Labute approximate surface area is 118 Å². The second kappa shape index (κ2) is 5.27. The van der Waals surface area contributed by atoms with E-state index in [0.29, 0.717) is 6.54 Å². The molecule has 0 bridgehead atoms. The SMILES string of the molecule is Brc1ccc(NCc2ccco2)cc1-c1c[nH]nn1. The summed E-state index contributed by atoms with van der Waals surface area (Å²) in [5, 5.41) is 13.8. The molecule has 2 N–H and O–H groups in total. The molecule has 1 aromatic carbocycles. The largest absolute Gasteiger partial charge is 0.467 e. The summed E-state index contributed by atoms with van der Waals surface area (Å²) in [5.74, 6) is 0.894. The van der Waals surface area contributed by atoms with Crippen LogP contribution in [0.4, 0.5) is 5.69 Å². The van der Waals surface area contributed by atoms with Crippen LogP contribution in [0.1, 0.15) is 5.76 Å². The highest BCUT2D eigenvalue weighted by Crippen LogP contribution is 2.29. The summed E-state index contributed by atoms with van der Waals surface area (Å²) in [6.45, 7) is 0.646. The minimum atomic E-state index is 0.646. The number of rotatable bonds is 4. The van der Waals surface area contributed by atoms with Crippen molar-refractivity contribution in [3.63, 3.8) is 0 Å². The second-order valence-electron chi connectivity index (χ2n) is 3.99. The maximum absolute atomic E-state index is 5.28. The number of aromatic amines is 1. The predicted octanol–water partition coefficient (Wildman–Crippen LogP) is 3.44. The Hall–Kier alpha value is -2.08. The summed E-state index contributed by atoms with van der Waals surface area (Å²) in [6.07, 6.45) is 3.43. The quantitative estimate of drug-likeness (QED) is 0.773. The first kappa shape index (κ1) is 12.0. The lowest BCUT2D eigenvalue weighted by Gasteiger charge is -2.07. The molecule has 0 amide bonds. The fourth-order valence-corrected chi connectivity index (χ4v) is 2.22. The van der Waals surface area contributed by atoms with Crippen LogP contribution in [0, 0.1) is 0 Å². The molecule has 0 aliphatic rings. The maximum atomic E-state index is 5.28. The molecule has 6 heteroatoms. The molecule has 3 rings (SSSR count). The number of halogens is 1. The minimum absolute atomic E-state index is 0.646. The molecule has 0 aliphatic carbocycles. The number of nitrogens with one attached hydrogen (secondary N) is 2. The van der Waals surface area contributed by atoms with Gasteiger partial charge in [0.2, 0.25) is 0 Å². The van der Waals surface area contributed by atoms with E-state index in [2.05, 4.69) is 36.7 Å². The molecular formula is C13H11BrN4O. The van der Waals surface area contributed by atoms with Crippen molar-refractivity contribution in [2.75, 3.05) is 5.32 Å². The minimum Gasteiger partial charge on any atom is -0.467 e. The van der Waals surface area contributed by atoms with Crippen molar-refractivity contribution in [1.82, 2.24) is 15.4 Å². The van der Waals surface area contributed by atoms with Crippen molar-refractivity contribution in [1.29, 1.82) is 0 Å². The molecule has 96 valence electrons. The van der Waals surface area contributed by atoms with Gasteiger partial charge in [-0.3, -0.25) is 5.10 Å². The summed E-state index contributed by atoms with van der Waals surface area (Å²) in [4.78, 5) is 0. The molecule has 0 saturated carbocycles. The fourth-order valence-electron chi connectivity index (χ4n) is 1.77. The zero-order valence-corrected chi connectivity index (χ0v) is 11.5. The smallest absolute Gasteiger partial charge is 0.122 e. The molecule has 19 heavy (non-hydrogen) atoms. The highest BCUT2D eigenvalue weighted by atomic mass is 79.9. The molecule has 2 heterocycles. The number of aromatic nitrogens is 3. The summed E-state index contributed by atoms with van der Waals surface area (Å²) >= 11 is 3.51. The van der Waals surface area contributed by atoms with Gasteiger partial charge in [-0.05, 0) is 30.3 Å². The lowest BCUT2D eigenvalue weighted by atomic mass is 10.1. The lowest BCUT2D eigenvalue weighted by Crippen LogP contribution is -1.98. The van der Waals surface area contributed by atoms with E-state index in [1.54, 1.807) is 12.5 Å². The molecule has 5 nitrogen and oxygen atoms in total. The molecular weight excluding hydrogens is 308 g/mol. The van der Waals surface area contributed by atoms with Gasteiger partial charge in [-0.15, -0.1) is 5.10 Å². The Balaban J connectivity index is 1.81. The van der Waals surface area contributed by atoms with E-state index >= 15 is 0 Å². The number of anilines is 1. The van der Waals surface area contributed by atoms with Gasteiger partial charge in [0.05, 0.1) is 19.0 Å². The summed E-state index contributed by atoms with van der Waals surface area (Å²) in [6, 6.07) is 9.81. The molecule has 0 aliphatic heterocycles. The maximum Gasteiger partial charge on any atom is 0.122 e. The van der Waals surface area contributed by atoms with Gasteiger partial charge in [-0.2, -0.15) is 0 Å². The zero-order chi connectivity index (χ0) is 13.1. The van der Waals surface area contributed by atoms with Crippen LogP contribution in [-0.2, 0) is 6.54 Å². The fraction of sp³-hybridized carbons (Fsp3) is 0.0769. The number of furan rings is 1. The number of hydrogen-bond acceptors (Lipinski definition) is 4. The third-order valence-corrected chi connectivity index (χ3v) is 3.40. The third kappa shape index (κ3) is 2.68. The standard InChI is InChI=1S/C13H11BrN4O/c14-12-4-3-9(15-7-10-2-1-5-19-10)6-11(12)13-8-16-18-17-13/h1-6,8,15H,7H2,(H,16,17,18). The van der Waals surface area contributed by atoms with Crippen molar-refractivity contribution in [3.05, 3.63) is 53.0 Å². The monoisotopic (exact) mass is 318 g/mol. The van der Waals surface area contributed by atoms with Crippen molar-refractivity contribution in [3.8, 4) is 11.3 Å². The molecule has 2 aromatic heterocycles. The lowest BCUT2D eigenvalue weighted by molar-refractivity contribution is 0.518. The number of hydrogen-bond donors (Lipinski definition) is 2. The van der Waals surface area contributed by atoms with E-state index in [1.807, 2.05) is 30.3 Å². The number of benzene rings is 1. The van der Waals surface area contributed by atoms with Crippen LogP contribution in [-0.4, -0.2) is 15.4 Å². The van der Waals surface area contributed by atoms with Crippen LogP contribution in [0.3, 0.4) is 0 Å². The Bertz CT molecular complexity index is 649. The Kier molecular flexibility index (Phi) is 3.33. The summed E-state index contributed by atoms with van der Waals surface area (Å²) < 4.78 is 6.26. The van der Waals surface area contributed by atoms with Crippen LogP contribution in [0.5, 0.6) is 0 Å². The van der Waals surface area contributed by atoms with E-state index in [-0.39, 0.29) is 0 Å². The van der Waals surface area contributed by atoms with E-state index in [0.717, 1.165) is 27.2 Å². The normalized spacial score (nSPS) is 10.6. The first-order chi connectivity index (χ1) is 9.33. The van der Waals surface area contributed by atoms with Crippen LogP contribution < -0.4 is 5.32 Å². The Morgan fingerprint density at radius 2 is 2.26 bits per heavy atom. The molecule has 0 unspecified atom stereocenters. The van der Waals surface area contributed by atoms with Gasteiger partial charge in [-0.25, -0.2) is 0 Å². The molecule has 0 radical (unpaired) electrons. The zero-order valence-electron chi connectivity index (χ0n) is 9.93. The topological polar surface area (TPSA) is 66.7 Å². The Morgan fingerprint density at radius 1 is 1.32 bits per heavy atom. The predicted molar refractivity (Wildman–Crippen MR) is 75.6 cm³/mol. The molecule has 0 saturated heterocycles. The van der Waals surface area contributed by atoms with Gasteiger partial charge in [0.1, 0.15) is 11.5 Å². The van der Waals surface area contributed by atoms with Gasteiger partial charge in [0.15, 0.2) is 0 Å². The van der Waals surface area contributed by atoms with Gasteiger partial charge < -0.3 is 9.73 Å². The molecule has 0 fully saturated rings. The van der Waals surface area contributed by atoms with Gasteiger partial charge in [-0.1, -0.05) is 21.1 Å². The van der Waals surface area contributed by atoms with Crippen LogP contribution >= 0.6 is 15.9 Å². The molecule has 3 aromatic rings. The van der Waals surface area contributed by atoms with Crippen molar-refractivity contribution in [2.45, 2.75) is 6.54 Å². The molecule has 0 atom stereocenters. The number of nitrogens with zero attached hydrogens (tertiary/aromatic N) is 2. The highest BCUT2D eigenvalue weighted by Gasteiger charge is 2.07. The van der Waals surface area contributed by atoms with E-state index in [4.69, 9.17) is 4.42 Å². The third-order valence-electron chi connectivity index (χ3n) is 2.71. The van der Waals surface area contributed by atoms with Gasteiger partial charge >= 0.3 is 0 Å². The Morgan fingerprint density at radius 3 is 3.00 bits per heavy atom. The number of H-pyrrole nitrogens is 1. The van der Waals surface area contributed by atoms with Gasteiger partial charge in [0.25, 0.3) is 0 Å². The summed E-state index contributed by atoms with van der Waals surface area (Å²) in [7, 11) is 0. The van der Waals surface area contributed by atoms with Crippen LogP contribution in [0.25, 0.3) is 11.3 Å². The van der Waals surface area contributed by atoms with Crippen molar-refractivity contribution >= 4 is 21.6 Å². The van der Waals surface area contributed by atoms with E-state index in [9.17, 15) is 0 Å². The average Bonchev–Trinajstić information content (AvgIpc) is 3.11. The van der Waals surface area contributed by atoms with Crippen LogP contribution in [0.15, 0.2) is 51.7 Å². The first-order valence-corrected chi connectivity index (χ1v) is 6.55. The average molecular weight is 319 g/mol. The van der Waals surface area contributed by atoms with Crippen molar-refractivity contribution in [2.24, 2.45) is 0 Å². The molecule has 0 spiro atoms.